The van der Waals surface area contributed by atoms with Crippen molar-refractivity contribution in [2.75, 3.05) is 10.7 Å². The molecule has 90 valence electrons. The number of hydrogen-bond acceptors (Lipinski definition) is 0. The van der Waals surface area contributed by atoms with Crippen LogP contribution in [0.1, 0.15) is 30.9 Å². The maximum Gasteiger partial charge on any atom is 0.00991 e. The second-order valence-corrected chi connectivity index (χ2v) is 5.80. The van der Waals surface area contributed by atoms with Crippen molar-refractivity contribution < 1.29 is 0 Å². The minimum atomic E-state index is 0.364. The molecule has 1 rings (SSSR count). The van der Waals surface area contributed by atoms with E-state index in [0.717, 1.165) is 17.1 Å². The number of rotatable bonds is 6. The summed E-state index contributed by atoms with van der Waals surface area (Å²) in [7, 11) is 0. The van der Waals surface area contributed by atoms with E-state index in [1.165, 1.54) is 24.0 Å². The summed E-state index contributed by atoms with van der Waals surface area (Å²) >= 11 is 7.36. The zero-order chi connectivity index (χ0) is 12.0. The fraction of sp³-hybridized carbons (Fsp3) is 0.571. The summed E-state index contributed by atoms with van der Waals surface area (Å²) in [4.78, 5) is 0. The van der Waals surface area contributed by atoms with E-state index in [1.807, 2.05) is 0 Å². The number of alkyl halides is 2. The first kappa shape index (κ1) is 14.2. The second-order valence-electron chi connectivity index (χ2n) is 4.68. The highest BCUT2D eigenvalue weighted by Crippen LogP contribution is 2.33. The molecule has 0 aliphatic heterocycles. The third-order valence-electron chi connectivity index (χ3n) is 3.01. The summed E-state index contributed by atoms with van der Waals surface area (Å²) in [6.45, 7) is 4.42. The van der Waals surface area contributed by atoms with Crippen molar-refractivity contribution in [1.29, 1.82) is 0 Å². The molecule has 0 aromatic heterocycles. The van der Waals surface area contributed by atoms with E-state index in [-0.39, 0.29) is 0 Å². The van der Waals surface area contributed by atoms with Gasteiger partial charge >= 0.3 is 0 Å². The summed E-state index contributed by atoms with van der Waals surface area (Å²) in [5.41, 5.74) is 3.17. The lowest BCUT2D eigenvalue weighted by atomic mass is 9.81. The quantitative estimate of drug-likeness (QED) is 0.627. The van der Waals surface area contributed by atoms with E-state index in [0.29, 0.717) is 5.41 Å². The average Bonchev–Trinajstić information content (AvgIpc) is 2.28. The van der Waals surface area contributed by atoms with Gasteiger partial charge in [-0.3, -0.25) is 0 Å². The molecular weight excluding hydrogens is 328 g/mol. The smallest absolute Gasteiger partial charge is 0.00991 e. The highest BCUT2D eigenvalue weighted by molar-refractivity contribution is 9.09. The van der Waals surface area contributed by atoms with Crippen molar-refractivity contribution in [3.8, 4) is 0 Å². The molecule has 0 nitrogen and oxygen atoms in total. The summed E-state index contributed by atoms with van der Waals surface area (Å²) in [5, 5.41) is 2.13. The van der Waals surface area contributed by atoms with Gasteiger partial charge in [-0.1, -0.05) is 75.0 Å². The maximum atomic E-state index is 3.68. The Balaban J connectivity index is 2.82. The van der Waals surface area contributed by atoms with Gasteiger partial charge in [0.2, 0.25) is 0 Å². The molecule has 0 atom stereocenters. The van der Waals surface area contributed by atoms with E-state index in [2.05, 4.69) is 70.0 Å². The first-order chi connectivity index (χ1) is 7.65. The van der Waals surface area contributed by atoms with E-state index in [9.17, 15) is 0 Å². The van der Waals surface area contributed by atoms with Gasteiger partial charge in [-0.25, -0.2) is 0 Å². The van der Waals surface area contributed by atoms with Gasteiger partial charge in [-0.15, -0.1) is 0 Å². The van der Waals surface area contributed by atoms with Crippen LogP contribution in [0.3, 0.4) is 0 Å². The van der Waals surface area contributed by atoms with Crippen LogP contribution < -0.4 is 0 Å². The third-order valence-corrected chi connectivity index (χ3v) is 5.39. The first-order valence-electron chi connectivity index (χ1n) is 5.83. The number of aryl methyl sites for hydroxylation is 1. The average molecular weight is 348 g/mol. The minimum absolute atomic E-state index is 0.364. The Bertz CT molecular complexity index is 316. The molecule has 0 aliphatic rings. The molecule has 0 aliphatic carbocycles. The number of hydrogen-bond donors (Lipinski definition) is 0. The number of benzene rings is 1. The minimum Gasteiger partial charge on any atom is -0.0922 e. The van der Waals surface area contributed by atoms with Gasteiger partial charge in [-0.05, 0) is 30.7 Å². The molecule has 0 fully saturated rings. The van der Waals surface area contributed by atoms with Crippen molar-refractivity contribution in [3.63, 3.8) is 0 Å². The zero-order valence-electron chi connectivity index (χ0n) is 10.1. The van der Waals surface area contributed by atoms with Crippen molar-refractivity contribution in [2.24, 2.45) is 5.41 Å². The fourth-order valence-electron chi connectivity index (χ4n) is 2.14. The maximum absolute atomic E-state index is 3.68. The van der Waals surface area contributed by atoms with Crippen LogP contribution in [0.4, 0.5) is 0 Å². The summed E-state index contributed by atoms with van der Waals surface area (Å²) in [5.74, 6) is 0. The molecule has 0 N–H and O–H groups in total. The Hall–Kier alpha value is 0.180. The van der Waals surface area contributed by atoms with Gasteiger partial charge in [0.05, 0.1) is 0 Å². The lowest BCUT2D eigenvalue weighted by Gasteiger charge is -2.30. The Labute approximate surface area is 116 Å². The Kier molecular flexibility index (Phi) is 6.06. The monoisotopic (exact) mass is 346 g/mol. The van der Waals surface area contributed by atoms with Crippen LogP contribution in [0.2, 0.25) is 0 Å². The lowest BCUT2D eigenvalue weighted by molar-refractivity contribution is 0.352. The second kappa shape index (κ2) is 6.80. The van der Waals surface area contributed by atoms with Crippen molar-refractivity contribution in [3.05, 3.63) is 35.4 Å². The summed E-state index contributed by atoms with van der Waals surface area (Å²) in [6.07, 6.45) is 3.65. The van der Waals surface area contributed by atoms with Crippen LogP contribution in [0.5, 0.6) is 0 Å². The Morgan fingerprint density at radius 2 is 1.88 bits per heavy atom. The topological polar surface area (TPSA) is 0 Å². The standard InChI is InChI=1S/C14H20Br2/c1-3-7-14(10-15,11-16)9-13-6-4-5-12(2)8-13/h4-6,8H,3,7,9-11H2,1-2H3. The largest absolute Gasteiger partial charge is 0.0922 e. The molecule has 0 saturated heterocycles. The Morgan fingerprint density at radius 1 is 1.19 bits per heavy atom. The molecular formula is C14H20Br2. The van der Waals surface area contributed by atoms with E-state index in [1.54, 1.807) is 0 Å². The summed E-state index contributed by atoms with van der Waals surface area (Å²) < 4.78 is 0. The first-order valence-corrected chi connectivity index (χ1v) is 8.07. The summed E-state index contributed by atoms with van der Waals surface area (Å²) in [6, 6.07) is 8.86. The fourth-order valence-corrected chi connectivity index (χ4v) is 4.02. The van der Waals surface area contributed by atoms with Crippen molar-refractivity contribution >= 4 is 31.9 Å². The van der Waals surface area contributed by atoms with Crippen LogP contribution in [0.25, 0.3) is 0 Å². The predicted molar refractivity (Wildman–Crippen MR) is 79.8 cm³/mol. The molecule has 16 heavy (non-hydrogen) atoms. The number of halogens is 2. The molecule has 0 bridgehead atoms. The highest BCUT2D eigenvalue weighted by atomic mass is 79.9. The van der Waals surface area contributed by atoms with Gasteiger partial charge in [0.1, 0.15) is 0 Å². The van der Waals surface area contributed by atoms with Crippen LogP contribution in [0.15, 0.2) is 24.3 Å². The van der Waals surface area contributed by atoms with Crippen LogP contribution >= 0.6 is 31.9 Å². The lowest BCUT2D eigenvalue weighted by Crippen LogP contribution is -2.27. The van der Waals surface area contributed by atoms with Gasteiger partial charge in [0.15, 0.2) is 0 Å². The molecule has 2 heteroatoms. The van der Waals surface area contributed by atoms with Crippen LogP contribution in [-0.2, 0) is 6.42 Å². The van der Waals surface area contributed by atoms with Crippen LogP contribution in [0, 0.1) is 12.3 Å². The third kappa shape index (κ3) is 3.89. The molecule has 0 radical (unpaired) electrons. The zero-order valence-corrected chi connectivity index (χ0v) is 13.3. The van der Waals surface area contributed by atoms with Crippen LogP contribution in [-0.4, -0.2) is 10.7 Å². The predicted octanol–water partition coefficient (Wildman–Crippen LogP) is 5.11. The normalized spacial score (nSPS) is 11.8. The molecule has 1 aromatic carbocycles. The van der Waals surface area contributed by atoms with E-state index >= 15 is 0 Å². The van der Waals surface area contributed by atoms with Gasteiger partial charge < -0.3 is 0 Å². The van der Waals surface area contributed by atoms with Crippen molar-refractivity contribution in [1.82, 2.24) is 0 Å². The molecule has 0 unspecified atom stereocenters. The highest BCUT2D eigenvalue weighted by Gasteiger charge is 2.27. The van der Waals surface area contributed by atoms with E-state index in [4.69, 9.17) is 0 Å². The molecule has 0 amide bonds. The molecule has 1 aromatic rings. The van der Waals surface area contributed by atoms with Gasteiger partial charge in [0.25, 0.3) is 0 Å². The van der Waals surface area contributed by atoms with Gasteiger partial charge in [0, 0.05) is 10.7 Å². The molecule has 0 saturated carbocycles. The van der Waals surface area contributed by atoms with Crippen molar-refractivity contribution in [2.45, 2.75) is 33.1 Å². The molecule has 0 heterocycles. The molecule has 0 spiro atoms. The van der Waals surface area contributed by atoms with E-state index < -0.39 is 0 Å². The van der Waals surface area contributed by atoms with Gasteiger partial charge in [-0.2, -0.15) is 0 Å². The SMILES string of the molecule is CCCC(CBr)(CBr)Cc1cccc(C)c1. The Morgan fingerprint density at radius 3 is 2.38 bits per heavy atom.